The van der Waals surface area contributed by atoms with Crippen molar-refractivity contribution in [2.45, 2.75) is 13.0 Å². The van der Waals surface area contributed by atoms with Crippen molar-refractivity contribution in [2.24, 2.45) is 11.5 Å². The zero-order chi connectivity index (χ0) is 10.0. The lowest BCUT2D eigenvalue weighted by molar-refractivity contribution is 0.457. The minimum Gasteiger partial charge on any atom is -0.507 e. The quantitative estimate of drug-likeness (QED) is 0.737. The Morgan fingerprint density at radius 2 is 2.15 bits per heavy atom. The van der Waals surface area contributed by atoms with Gasteiger partial charge in [0.15, 0.2) is 0 Å². The van der Waals surface area contributed by atoms with Crippen molar-refractivity contribution in [1.29, 1.82) is 0 Å². The molecule has 72 valence electrons. The molecule has 0 aliphatic heterocycles. The van der Waals surface area contributed by atoms with Crippen LogP contribution in [0.4, 0.5) is 0 Å². The predicted octanol–water partition coefficient (Wildman–Crippen LogP) is 1.42. The van der Waals surface area contributed by atoms with E-state index in [1.165, 1.54) is 0 Å². The molecular formula is C9H13BrN2O. The molecule has 0 bridgehead atoms. The van der Waals surface area contributed by atoms with Gasteiger partial charge in [0.2, 0.25) is 0 Å². The van der Waals surface area contributed by atoms with Gasteiger partial charge < -0.3 is 16.6 Å². The number of rotatable bonds is 2. The molecule has 0 aliphatic carbocycles. The second-order valence-electron chi connectivity index (χ2n) is 2.97. The average Bonchev–Trinajstić information content (AvgIpc) is 2.12. The molecule has 1 aromatic carbocycles. The molecule has 4 heteroatoms. The molecule has 0 aromatic heterocycles. The highest BCUT2D eigenvalue weighted by Gasteiger charge is 2.14. The Balaban J connectivity index is 3.25. The van der Waals surface area contributed by atoms with Crippen LogP contribution in [0, 0.1) is 6.92 Å². The normalized spacial score (nSPS) is 12.9. The molecule has 0 saturated carbocycles. The molecule has 0 spiro atoms. The Bertz CT molecular complexity index is 315. The van der Waals surface area contributed by atoms with Crippen molar-refractivity contribution in [2.75, 3.05) is 6.54 Å². The summed E-state index contributed by atoms with van der Waals surface area (Å²) < 4.78 is 0.800. The number of nitrogens with two attached hydrogens (primary N) is 2. The number of halogens is 1. The van der Waals surface area contributed by atoms with Crippen LogP contribution in [0.3, 0.4) is 0 Å². The minimum absolute atomic E-state index is 0.229. The number of aryl methyl sites for hydroxylation is 1. The summed E-state index contributed by atoms with van der Waals surface area (Å²) in [6.07, 6.45) is 0. The summed E-state index contributed by atoms with van der Waals surface area (Å²) in [7, 11) is 0. The van der Waals surface area contributed by atoms with E-state index in [1.807, 2.05) is 19.1 Å². The lowest BCUT2D eigenvalue weighted by Gasteiger charge is -2.14. The number of phenolic OH excluding ortho intramolecular Hbond substituents is 1. The van der Waals surface area contributed by atoms with E-state index in [-0.39, 0.29) is 11.8 Å². The SMILES string of the molecule is Cc1ccc(Br)c([C@@H](N)CN)c1O. The third-order valence-electron chi connectivity index (χ3n) is 1.99. The van der Waals surface area contributed by atoms with Crippen molar-refractivity contribution in [3.8, 4) is 5.75 Å². The molecule has 13 heavy (non-hydrogen) atoms. The van der Waals surface area contributed by atoms with E-state index < -0.39 is 0 Å². The molecule has 1 atom stereocenters. The fraction of sp³-hybridized carbons (Fsp3) is 0.333. The van der Waals surface area contributed by atoms with E-state index in [1.54, 1.807) is 0 Å². The van der Waals surface area contributed by atoms with Gasteiger partial charge in [0.1, 0.15) is 5.75 Å². The summed E-state index contributed by atoms with van der Waals surface area (Å²) in [5.41, 5.74) is 12.7. The number of benzene rings is 1. The third-order valence-corrected chi connectivity index (χ3v) is 2.68. The fourth-order valence-electron chi connectivity index (χ4n) is 1.16. The smallest absolute Gasteiger partial charge is 0.124 e. The summed E-state index contributed by atoms with van der Waals surface area (Å²) in [5.74, 6) is 0.229. The second-order valence-corrected chi connectivity index (χ2v) is 3.82. The summed E-state index contributed by atoms with van der Waals surface area (Å²) in [6.45, 7) is 2.14. The van der Waals surface area contributed by atoms with Gasteiger partial charge in [-0.3, -0.25) is 0 Å². The van der Waals surface area contributed by atoms with Crippen LogP contribution < -0.4 is 11.5 Å². The fourth-order valence-corrected chi connectivity index (χ4v) is 1.78. The van der Waals surface area contributed by atoms with Crippen LogP contribution in [-0.2, 0) is 0 Å². The van der Waals surface area contributed by atoms with Crippen LogP contribution in [0.5, 0.6) is 5.75 Å². The van der Waals surface area contributed by atoms with Gasteiger partial charge >= 0.3 is 0 Å². The Hall–Kier alpha value is -0.580. The van der Waals surface area contributed by atoms with E-state index in [4.69, 9.17) is 11.5 Å². The van der Waals surface area contributed by atoms with Gasteiger partial charge in [-0.05, 0) is 18.6 Å². The molecule has 0 heterocycles. The monoisotopic (exact) mass is 244 g/mol. The highest BCUT2D eigenvalue weighted by molar-refractivity contribution is 9.10. The van der Waals surface area contributed by atoms with Crippen molar-refractivity contribution in [1.82, 2.24) is 0 Å². The number of aromatic hydroxyl groups is 1. The van der Waals surface area contributed by atoms with Crippen LogP contribution in [0.15, 0.2) is 16.6 Å². The van der Waals surface area contributed by atoms with Crippen LogP contribution in [0.2, 0.25) is 0 Å². The van der Waals surface area contributed by atoms with Crippen molar-refractivity contribution >= 4 is 15.9 Å². The highest BCUT2D eigenvalue weighted by atomic mass is 79.9. The maximum absolute atomic E-state index is 9.71. The van der Waals surface area contributed by atoms with Crippen molar-refractivity contribution < 1.29 is 5.11 Å². The topological polar surface area (TPSA) is 72.3 Å². The molecule has 0 aliphatic rings. The molecule has 0 saturated heterocycles. The molecule has 0 fully saturated rings. The van der Waals surface area contributed by atoms with Gasteiger partial charge in [-0.15, -0.1) is 0 Å². The molecular weight excluding hydrogens is 232 g/mol. The summed E-state index contributed by atoms with van der Waals surface area (Å²) >= 11 is 3.33. The summed E-state index contributed by atoms with van der Waals surface area (Å²) in [5, 5.41) is 9.71. The van der Waals surface area contributed by atoms with Gasteiger partial charge in [0, 0.05) is 22.6 Å². The first-order valence-electron chi connectivity index (χ1n) is 4.01. The molecule has 0 radical (unpaired) electrons. The standard InChI is InChI=1S/C9H13BrN2O/c1-5-2-3-6(10)8(9(5)13)7(12)4-11/h2-3,7,13H,4,11-12H2,1H3/t7-/m0/s1. The molecule has 0 amide bonds. The molecule has 1 rings (SSSR count). The molecule has 5 N–H and O–H groups in total. The predicted molar refractivity (Wildman–Crippen MR) is 56.5 cm³/mol. The van der Waals surface area contributed by atoms with E-state index in [2.05, 4.69) is 15.9 Å². The van der Waals surface area contributed by atoms with Crippen LogP contribution in [0.1, 0.15) is 17.2 Å². The Morgan fingerprint density at radius 3 is 2.69 bits per heavy atom. The second kappa shape index (κ2) is 4.09. The molecule has 3 nitrogen and oxygen atoms in total. The maximum Gasteiger partial charge on any atom is 0.124 e. The van der Waals surface area contributed by atoms with Gasteiger partial charge in [-0.25, -0.2) is 0 Å². The largest absolute Gasteiger partial charge is 0.507 e. The van der Waals surface area contributed by atoms with Gasteiger partial charge in [0.05, 0.1) is 0 Å². The number of hydrogen-bond donors (Lipinski definition) is 3. The Kier molecular flexibility index (Phi) is 3.30. The lowest BCUT2D eigenvalue weighted by Crippen LogP contribution is -2.21. The van der Waals surface area contributed by atoms with Gasteiger partial charge in [0.25, 0.3) is 0 Å². The van der Waals surface area contributed by atoms with Gasteiger partial charge in [-0.1, -0.05) is 22.0 Å². The number of phenols is 1. The minimum atomic E-state index is -0.325. The van der Waals surface area contributed by atoms with Crippen LogP contribution >= 0.6 is 15.9 Å². The summed E-state index contributed by atoms with van der Waals surface area (Å²) in [4.78, 5) is 0. The first-order valence-corrected chi connectivity index (χ1v) is 4.80. The molecule has 1 aromatic rings. The zero-order valence-electron chi connectivity index (χ0n) is 7.42. The average molecular weight is 245 g/mol. The van der Waals surface area contributed by atoms with Gasteiger partial charge in [-0.2, -0.15) is 0 Å². The zero-order valence-corrected chi connectivity index (χ0v) is 9.01. The van der Waals surface area contributed by atoms with E-state index in [0.717, 1.165) is 10.0 Å². The Labute approximate surface area is 85.9 Å². The van der Waals surface area contributed by atoms with Crippen molar-refractivity contribution in [3.05, 3.63) is 27.7 Å². The highest BCUT2D eigenvalue weighted by Crippen LogP contribution is 2.32. The van der Waals surface area contributed by atoms with Crippen molar-refractivity contribution in [3.63, 3.8) is 0 Å². The summed E-state index contributed by atoms with van der Waals surface area (Å²) in [6, 6.07) is 3.36. The van der Waals surface area contributed by atoms with E-state index in [9.17, 15) is 5.11 Å². The van der Waals surface area contributed by atoms with E-state index in [0.29, 0.717) is 12.1 Å². The van der Waals surface area contributed by atoms with Crippen LogP contribution in [-0.4, -0.2) is 11.7 Å². The van der Waals surface area contributed by atoms with E-state index >= 15 is 0 Å². The first kappa shape index (κ1) is 10.5. The third kappa shape index (κ3) is 2.02. The first-order chi connectivity index (χ1) is 6.07. The van der Waals surface area contributed by atoms with Crippen LogP contribution in [0.25, 0.3) is 0 Å². The lowest BCUT2D eigenvalue weighted by atomic mass is 10.0. The number of hydrogen-bond acceptors (Lipinski definition) is 3. The maximum atomic E-state index is 9.71. The Morgan fingerprint density at radius 1 is 1.54 bits per heavy atom. The molecule has 0 unspecified atom stereocenters.